The molecule has 1 saturated heterocycles. The van der Waals surface area contributed by atoms with E-state index < -0.39 is 0 Å². The van der Waals surface area contributed by atoms with Gasteiger partial charge in [-0.05, 0) is 45.1 Å². The Morgan fingerprint density at radius 2 is 2.15 bits per heavy atom. The minimum atomic E-state index is -0.337. The van der Waals surface area contributed by atoms with Crippen LogP contribution in [0.15, 0.2) is 24.5 Å². The summed E-state index contributed by atoms with van der Waals surface area (Å²) in [6.07, 6.45) is 6.20. The Morgan fingerprint density at radius 1 is 1.40 bits per heavy atom. The highest BCUT2D eigenvalue weighted by atomic mass is 16.5. The van der Waals surface area contributed by atoms with Crippen LogP contribution in [0.2, 0.25) is 0 Å². The summed E-state index contributed by atoms with van der Waals surface area (Å²) in [5, 5.41) is 0. The van der Waals surface area contributed by atoms with Crippen LogP contribution < -0.4 is 0 Å². The minimum absolute atomic E-state index is 0.337. The molecule has 0 unspecified atom stereocenters. The molecule has 0 radical (unpaired) electrons. The third kappa shape index (κ3) is 2.29. The smallest absolute Gasteiger partial charge is 0.341 e. The molecule has 3 rings (SSSR count). The molecule has 106 valence electrons. The van der Waals surface area contributed by atoms with Gasteiger partial charge in [0.15, 0.2) is 5.65 Å². The van der Waals surface area contributed by atoms with Crippen LogP contribution in [0.5, 0.6) is 0 Å². The van der Waals surface area contributed by atoms with Crippen molar-refractivity contribution in [1.82, 2.24) is 14.3 Å². The van der Waals surface area contributed by atoms with Crippen molar-refractivity contribution in [3.63, 3.8) is 0 Å². The number of imidazole rings is 1. The van der Waals surface area contributed by atoms with Crippen LogP contribution in [0.1, 0.15) is 34.8 Å². The Labute approximate surface area is 118 Å². The van der Waals surface area contributed by atoms with Crippen molar-refractivity contribution >= 4 is 11.6 Å². The van der Waals surface area contributed by atoms with Crippen LogP contribution in [0.4, 0.5) is 0 Å². The number of piperidine rings is 1. The first-order chi connectivity index (χ1) is 9.69. The van der Waals surface area contributed by atoms with Crippen LogP contribution in [0.25, 0.3) is 5.65 Å². The molecule has 2 aromatic rings. The number of ether oxygens (including phenoxy) is 1. The lowest BCUT2D eigenvalue weighted by Gasteiger charge is -2.27. The topological polar surface area (TPSA) is 46.8 Å². The van der Waals surface area contributed by atoms with E-state index in [-0.39, 0.29) is 5.97 Å². The third-order valence-electron chi connectivity index (χ3n) is 4.04. The van der Waals surface area contributed by atoms with Crippen LogP contribution in [-0.4, -0.2) is 47.5 Å². The number of fused-ring (bicyclic) bond motifs is 1. The second-order valence-corrected chi connectivity index (χ2v) is 5.39. The zero-order valence-corrected chi connectivity index (χ0v) is 11.9. The lowest BCUT2D eigenvalue weighted by atomic mass is 9.94. The lowest BCUT2D eigenvalue weighted by molar-refractivity contribution is 0.0602. The molecule has 1 aliphatic rings. The molecular formula is C15H19N3O2. The van der Waals surface area contributed by atoms with Gasteiger partial charge in [0, 0.05) is 18.3 Å². The third-order valence-corrected chi connectivity index (χ3v) is 4.04. The molecule has 20 heavy (non-hydrogen) atoms. The summed E-state index contributed by atoms with van der Waals surface area (Å²) in [7, 11) is 3.54. The van der Waals surface area contributed by atoms with E-state index >= 15 is 0 Å². The van der Waals surface area contributed by atoms with Crippen LogP contribution >= 0.6 is 0 Å². The van der Waals surface area contributed by atoms with E-state index in [0.29, 0.717) is 17.1 Å². The Morgan fingerprint density at radius 3 is 2.85 bits per heavy atom. The van der Waals surface area contributed by atoms with Gasteiger partial charge in [0.1, 0.15) is 5.56 Å². The number of carbonyl (C=O) groups is 1. The van der Waals surface area contributed by atoms with Crippen molar-refractivity contribution in [3.8, 4) is 0 Å². The molecule has 2 aromatic heterocycles. The van der Waals surface area contributed by atoms with E-state index in [1.54, 1.807) is 6.07 Å². The molecule has 0 saturated carbocycles. The molecular weight excluding hydrogens is 254 g/mol. The number of methoxy groups -OCH3 is 1. The van der Waals surface area contributed by atoms with E-state index in [1.165, 1.54) is 7.11 Å². The van der Waals surface area contributed by atoms with Crippen molar-refractivity contribution in [1.29, 1.82) is 0 Å². The summed E-state index contributed by atoms with van der Waals surface area (Å²) < 4.78 is 6.73. The molecule has 0 amide bonds. The number of esters is 1. The maximum atomic E-state index is 11.8. The van der Waals surface area contributed by atoms with E-state index in [9.17, 15) is 4.79 Å². The zero-order chi connectivity index (χ0) is 14.1. The first kappa shape index (κ1) is 13.1. The first-order valence-corrected chi connectivity index (χ1v) is 6.93. The van der Waals surface area contributed by atoms with Crippen molar-refractivity contribution < 1.29 is 9.53 Å². The first-order valence-electron chi connectivity index (χ1n) is 6.93. The monoisotopic (exact) mass is 273 g/mol. The average molecular weight is 273 g/mol. The SMILES string of the molecule is COC(=O)c1cccn2cc(C3CCN(C)CC3)nc12. The quantitative estimate of drug-likeness (QED) is 0.784. The van der Waals surface area contributed by atoms with Crippen LogP contribution in [-0.2, 0) is 4.74 Å². The van der Waals surface area contributed by atoms with Gasteiger partial charge in [-0.2, -0.15) is 0 Å². The number of carbonyl (C=O) groups excluding carboxylic acids is 1. The summed E-state index contributed by atoms with van der Waals surface area (Å²) in [4.78, 5) is 18.8. The largest absolute Gasteiger partial charge is 0.465 e. The van der Waals surface area contributed by atoms with E-state index in [1.807, 2.05) is 22.9 Å². The number of likely N-dealkylation sites (tertiary alicyclic amines) is 1. The molecule has 3 heterocycles. The highest BCUT2D eigenvalue weighted by molar-refractivity contribution is 5.95. The number of hydrogen-bond donors (Lipinski definition) is 0. The van der Waals surface area contributed by atoms with Gasteiger partial charge in [0.25, 0.3) is 0 Å². The molecule has 0 spiro atoms. The summed E-state index contributed by atoms with van der Waals surface area (Å²) >= 11 is 0. The summed E-state index contributed by atoms with van der Waals surface area (Å²) in [5.74, 6) is 0.146. The van der Waals surface area contributed by atoms with E-state index in [2.05, 4.69) is 16.9 Å². The maximum Gasteiger partial charge on any atom is 0.341 e. The zero-order valence-electron chi connectivity index (χ0n) is 11.9. The number of hydrogen-bond acceptors (Lipinski definition) is 4. The molecule has 0 atom stereocenters. The molecule has 0 aliphatic carbocycles. The number of nitrogens with zero attached hydrogens (tertiary/aromatic N) is 3. The predicted molar refractivity (Wildman–Crippen MR) is 76.0 cm³/mol. The summed E-state index contributed by atoms with van der Waals surface area (Å²) in [5.41, 5.74) is 2.29. The second-order valence-electron chi connectivity index (χ2n) is 5.39. The standard InChI is InChI=1S/C15H19N3O2/c1-17-8-5-11(6-9-17)13-10-18-7-3-4-12(14(18)16-13)15(19)20-2/h3-4,7,10-11H,5-6,8-9H2,1-2H3. The summed E-state index contributed by atoms with van der Waals surface area (Å²) in [6, 6.07) is 3.60. The lowest BCUT2D eigenvalue weighted by Crippen LogP contribution is -2.29. The highest BCUT2D eigenvalue weighted by Gasteiger charge is 2.22. The fourth-order valence-corrected chi connectivity index (χ4v) is 2.80. The Balaban J connectivity index is 1.96. The van der Waals surface area contributed by atoms with Gasteiger partial charge < -0.3 is 14.0 Å². The van der Waals surface area contributed by atoms with Gasteiger partial charge in [0.05, 0.1) is 12.8 Å². The molecule has 5 heteroatoms. The van der Waals surface area contributed by atoms with Gasteiger partial charge >= 0.3 is 5.97 Å². The Kier molecular flexibility index (Phi) is 3.44. The average Bonchev–Trinajstić information content (AvgIpc) is 2.91. The molecule has 0 bridgehead atoms. The van der Waals surface area contributed by atoms with Crippen LogP contribution in [0, 0.1) is 0 Å². The Hall–Kier alpha value is -1.88. The highest BCUT2D eigenvalue weighted by Crippen LogP contribution is 2.27. The second kappa shape index (κ2) is 5.25. The van der Waals surface area contributed by atoms with Crippen molar-refractivity contribution in [3.05, 3.63) is 35.8 Å². The van der Waals surface area contributed by atoms with Gasteiger partial charge in [-0.15, -0.1) is 0 Å². The fraction of sp³-hybridized carbons (Fsp3) is 0.467. The van der Waals surface area contributed by atoms with E-state index in [4.69, 9.17) is 4.74 Å². The van der Waals surface area contributed by atoms with E-state index in [0.717, 1.165) is 31.6 Å². The number of pyridine rings is 1. The van der Waals surface area contributed by atoms with Crippen molar-refractivity contribution in [2.45, 2.75) is 18.8 Å². The molecule has 0 N–H and O–H groups in total. The predicted octanol–water partition coefficient (Wildman–Crippen LogP) is 1.93. The normalized spacial score (nSPS) is 17.5. The Bertz CT molecular complexity index is 627. The summed E-state index contributed by atoms with van der Waals surface area (Å²) in [6.45, 7) is 2.20. The van der Waals surface area contributed by atoms with Gasteiger partial charge in [-0.1, -0.05) is 0 Å². The van der Waals surface area contributed by atoms with Crippen LogP contribution in [0.3, 0.4) is 0 Å². The van der Waals surface area contributed by atoms with Gasteiger partial charge in [0.2, 0.25) is 0 Å². The van der Waals surface area contributed by atoms with Crippen molar-refractivity contribution in [2.75, 3.05) is 27.2 Å². The number of rotatable bonds is 2. The van der Waals surface area contributed by atoms with Gasteiger partial charge in [-0.3, -0.25) is 0 Å². The minimum Gasteiger partial charge on any atom is -0.465 e. The van der Waals surface area contributed by atoms with Crippen molar-refractivity contribution in [2.24, 2.45) is 0 Å². The molecule has 1 fully saturated rings. The maximum absolute atomic E-state index is 11.8. The fourth-order valence-electron chi connectivity index (χ4n) is 2.80. The molecule has 1 aliphatic heterocycles. The van der Waals surface area contributed by atoms with Gasteiger partial charge in [-0.25, -0.2) is 9.78 Å². The molecule has 5 nitrogen and oxygen atoms in total. The number of aromatic nitrogens is 2. The molecule has 0 aromatic carbocycles.